The molecule has 21 heavy (non-hydrogen) atoms. The molecule has 110 valence electrons. The number of H-pyrrole nitrogens is 1. The van der Waals surface area contributed by atoms with Crippen molar-refractivity contribution < 1.29 is 4.79 Å². The van der Waals surface area contributed by atoms with Crippen LogP contribution in [0.25, 0.3) is 0 Å². The van der Waals surface area contributed by atoms with Gasteiger partial charge in [-0.3, -0.25) is 4.79 Å². The summed E-state index contributed by atoms with van der Waals surface area (Å²) < 4.78 is 0. The second-order valence-electron chi connectivity index (χ2n) is 5.87. The standard InChI is InChI=1S/C17H21N3O/c1-12-18-15-9-8-14(10-16(15)19-12)17(21)20(2)11-13-6-4-3-5-7-13/h3-7,14H,8-11H2,1-2H3,(H,18,19). The Morgan fingerprint density at radius 3 is 2.90 bits per heavy atom. The molecule has 0 fully saturated rings. The Balaban J connectivity index is 1.66. The van der Waals surface area contributed by atoms with Gasteiger partial charge in [0.1, 0.15) is 5.82 Å². The van der Waals surface area contributed by atoms with Crippen LogP contribution in [-0.4, -0.2) is 27.8 Å². The summed E-state index contributed by atoms with van der Waals surface area (Å²) >= 11 is 0. The minimum atomic E-state index is 0.0751. The van der Waals surface area contributed by atoms with Crippen molar-refractivity contribution in [2.24, 2.45) is 5.92 Å². The van der Waals surface area contributed by atoms with Crippen LogP contribution in [0.1, 0.15) is 29.2 Å². The molecule has 1 aliphatic carbocycles. The molecule has 1 atom stereocenters. The molecular formula is C17H21N3O. The number of rotatable bonds is 3. The van der Waals surface area contributed by atoms with Crippen molar-refractivity contribution in [3.8, 4) is 0 Å². The maximum absolute atomic E-state index is 12.6. The SMILES string of the molecule is Cc1nc2c([nH]1)CC(C(=O)N(C)Cc1ccccc1)CC2. The summed E-state index contributed by atoms with van der Waals surface area (Å²) in [6.07, 6.45) is 2.58. The lowest BCUT2D eigenvalue weighted by Crippen LogP contribution is -2.35. The van der Waals surface area contributed by atoms with Gasteiger partial charge in [0.2, 0.25) is 5.91 Å². The van der Waals surface area contributed by atoms with E-state index in [0.717, 1.165) is 36.5 Å². The van der Waals surface area contributed by atoms with Crippen molar-refractivity contribution in [3.63, 3.8) is 0 Å². The van der Waals surface area contributed by atoms with Crippen LogP contribution in [0.2, 0.25) is 0 Å². The lowest BCUT2D eigenvalue weighted by Gasteiger charge is -2.26. The number of hydrogen-bond acceptors (Lipinski definition) is 2. The molecule has 1 heterocycles. The third kappa shape index (κ3) is 2.99. The van der Waals surface area contributed by atoms with E-state index in [0.29, 0.717) is 6.54 Å². The zero-order valence-corrected chi connectivity index (χ0v) is 12.6. The Labute approximate surface area is 125 Å². The summed E-state index contributed by atoms with van der Waals surface area (Å²) in [4.78, 5) is 22.2. The van der Waals surface area contributed by atoms with Crippen LogP contribution in [-0.2, 0) is 24.2 Å². The number of nitrogens with one attached hydrogen (secondary N) is 1. The van der Waals surface area contributed by atoms with Gasteiger partial charge in [-0.1, -0.05) is 30.3 Å². The molecule has 1 N–H and O–H groups in total. The van der Waals surface area contributed by atoms with Crippen LogP contribution < -0.4 is 0 Å². The zero-order chi connectivity index (χ0) is 14.8. The Hall–Kier alpha value is -2.10. The number of amides is 1. The Morgan fingerprint density at radius 1 is 1.38 bits per heavy atom. The average molecular weight is 283 g/mol. The molecule has 1 aliphatic rings. The maximum Gasteiger partial charge on any atom is 0.226 e. The number of imidazole rings is 1. The van der Waals surface area contributed by atoms with Gasteiger partial charge in [0.25, 0.3) is 0 Å². The number of aromatic amines is 1. The predicted octanol–water partition coefficient (Wildman–Crippen LogP) is 2.48. The first kappa shape index (κ1) is 13.9. The molecular weight excluding hydrogens is 262 g/mol. The fraction of sp³-hybridized carbons (Fsp3) is 0.412. The molecule has 2 aromatic rings. The third-order valence-electron chi connectivity index (χ3n) is 4.15. The number of nitrogens with zero attached hydrogens (tertiary/aromatic N) is 2. The highest BCUT2D eigenvalue weighted by Gasteiger charge is 2.28. The van der Waals surface area contributed by atoms with Gasteiger partial charge in [0.05, 0.1) is 5.69 Å². The van der Waals surface area contributed by atoms with Crippen molar-refractivity contribution in [2.45, 2.75) is 32.7 Å². The fourth-order valence-electron chi connectivity index (χ4n) is 3.08. The minimum Gasteiger partial charge on any atom is -0.346 e. The van der Waals surface area contributed by atoms with Gasteiger partial charge in [0, 0.05) is 31.6 Å². The predicted molar refractivity (Wildman–Crippen MR) is 81.8 cm³/mol. The van der Waals surface area contributed by atoms with Gasteiger partial charge < -0.3 is 9.88 Å². The molecule has 1 unspecified atom stereocenters. The van der Waals surface area contributed by atoms with E-state index in [1.54, 1.807) is 0 Å². The average Bonchev–Trinajstić information content (AvgIpc) is 2.86. The highest BCUT2D eigenvalue weighted by Crippen LogP contribution is 2.25. The Morgan fingerprint density at radius 2 is 2.14 bits per heavy atom. The number of aromatic nitrogens is 2. The zero-order valence-electron chi connectivity index (χ0n) is 12.6. The van der Waals surface area contributed by atoms with Gasteiger partial charge in [-0.2, -0.15) is 0 Å². The van der Waals surface area contributed by atoms with E-state index >= 15 is 0 Å². The lowest BCUT2D eigenvalue weighted by molar-refractivity contribution is -0.135. The Bertz CT molecular complexity index is 633. The first-order valence-electron chi connectivity index (χ1n) is 7.46. The fourth-order valence-corrected chi connectivity index (χ4v) is 3.08. The van der Waals surface area contributed by atoms with Gasteiger partial charge in [-0.15, -0.1) is 0 Å². The van der Waals surface area contributed by atoms with Crippen molar-refractivity contribution in [1.82, 2.24) is 14.9 Å². The largest absolute Gasteiger partial charge is 0.346 e. The molecule has 1 aromatic carbocycles. The molecule has 0 radical (unpaired) electrons. The Kier molecular flexibility index (Phi) is 3.78. The first-order valence-corrected chi connectivity index (χ1v) is 7.46. The number of carbonyl (C=O) groups is 1. The summed E-state index contributed by atoms with van der Waals surface area (Å²) in [5.41, 5.74) is 3.45. The van der Waals surface area contributed by atoms with E-state index in [1.807, 2.05) is 37.1 Å². The van der Waals surface area contributed by atoms with Crippen molar-refractivity contribution in [3.05, 3.63) is 53.1 Å². The van der Waals surface area contributed by atoms with E-state index in [9.17, 15) is 4.79 Å². The quantitative estimate of drug-likeness (QED) is 0.940. The third-order valence-corrected chi connectivity index (χ3v) is 4.15. The first-order chi connectivity index (χ1) is 10.1. The van der Waals surface area contributed by atoms with Crippen LogP contribution in [0.5, 0.6) is 0 Å². The van der Waals surface area contributed by atoms with Gasteiger partial charge in [-0.05, 0) is 25.3 Å². The van der Waals surface area contributed by atoms with E-state index in [1.165, 1.54) is 5.56 Å². The van der Waals surface area contributed by atoms with E-state index in [2.05, 4.69) is 22.1 Å². The smallest absolute Gasteiger partial charge is 0.226 e. The molecule has 0 aliphatic heterocycles. The molecule has 4 heteroatoms. The molecule has 0 saturated carbocycles. The van der Waals surface area contributed by atoms with Crippen molar-refractivity contribution in [1.29, 1.82) is 0 Å². The molecule has 0 saturated heterocycles. The van der Waals surface area contributed by atoms with E-state index in [-0.39, 0.29) is 11.8 Å². The second-order valence-corrected chi connectivity index (χ2v) is 5.87. The summed E-state index contributed by atoms with van der Waals surface area (Å²) in [5.74, 6) is 1.26. The molecule has 4 nitrogen and oxygen atoms in total. The topological polar surface area (TPSA) is 49.0 Å². The van der Waals surface area contributed by atoms with Gasteiger partial charge in [0.15, 0.2) is 0 Å². The van der Waals surface area contributed by atoms with E-state index < -0.39 is 0 Å². The highest BCUT2D eigenvalue weighted by atomic mass is 16.2. The molecule has 1 aromatic heterocycles. The van der Waals surface area contributed by atoms with Crippen molar-refractivity contribution >= 4 is 5.91 Å². The summed E-state index contributed by atoms with van der Waals surface area (Å²) in [7, 11) is 1.89. The van der Waals surface area contributed by atoms with E-state index in [4.69, 9.17) is 0 Å². The number of carbonyl (C=O) groups excluding carboxylic acids is 1. The van der Waals surface area contributed by atoms with Crippen LogP contribution in [0, 0.1) is 12.8 Å². The summed E-state index contributed by atoms with van der Waals surface area (Å²) in [6, 6.07) is 10.1. The normalized spacial score (nSPS) is 17.3. The molecule has 0 bridgehead atoms. The number of fused-ring (bicyclic) bond motifs is 1. The maximum atomic E-state index is 12.6. The highest BCUT2D eigenvalue weighted by molar-refractivity contribution is 5.79. The lowest BCUT2D eigenvalue weighted by atomic mass is 9.89. The van der Waals surface area contributed by atoms with Crippen LogP contribution in [0.3, 0.4) is 0 Å². The van der Waals surface area contributed by atoms with Crippen LogP contribution in [0.4, 0.5) is 0 Å². The number of benzene rings is 1. The molecule has 1 amide bonds. The molecule has 0 spiro atoms. The summed E-state index contributed by atoms with van der Waals surface area (Å²) in [5, 5.41) is 0. The summed E-state index contributed by atoms with van der Waals surface area (Å²) in [6.45, 7) is 2.64. The number of aryl methyl sites for hydroxylation is 2. The monoisotopic (exact) mass is 283 g/mol. The van der Waals surface area contributed by atoms with Crippen LogP contribution in [0.15, 0.2) is 30.3 Å². The second kappa shape index (κ2) is 5.72. The van der Waals surface area contributed by atoms with Gasteiger partial charge in [-0.25, -0.2) is 4.98 Å². The number of hydrogen-bond donors (Lipinski definition) is 1. The van der Waals surface area contributed by atoms with Crippen LogP contribution >= 0.6 is 0 Å². The van der Waals surface area contributed by atoms with Gasteiger partial charge >= 0.3 is 0 Å². The minimum absolute atomic E-state index is 0.0751. The van der Waals surface area contributed by atoms with Crippen molar-refractivity contribution in [2.75, 3.05) is 7.05 Å². The molecule has 3 rings (SSSR count).